The Morgan fingerprint density at radius 1 is 0.391 bits per heavy atom. The lowest BCUT2D eigenvalue weighted by molar-refractivity contribution is 0.590. The van der Waals surface area contributed by atoms with E-state index in [-0.39, 0.29) is 17.5 Å². The number of anilines is 9. The van der Waals surface area contributed by atoms with Crippen LogP contribution in [0.2, 0.25) is 0 Å². The summed E-state index contributed by atoms with van der Waals surface area (Å²) < 4.78 is 2.74. The summed E-state index contributed by atoms with van der Waals surface area (Å²) in [5.41, 5.74) is 17.0. The summed E-state index contributed by atoms with van der Waals surface area (Å²) in [5, 5.41) is 0. The van der Waals surface area contributed by atoms with Crippen LogP contribution in [-0.2, 0) is 10.8 Å². The van der Waals surface area contributed by atoms with Crippen molar-refractivity contribution in [3.63, 3.8) is 0 Å². The molecule has 0 aliphatic carbocycles. The third-order valence-corrected chi connectivity index (χ3v) is 15.2. The molecule has 0 radical (unpaired) electrons. The molecule has 64 heavy (non-hydrogen) atoms. The lowest BCUT2D eigenvalue weighted by Gasteiger charge is -2.43. The van der Waals surface area contributed by atoms with E-state index in [0.29, 0.717) is 0 Å². The van der Waals surface area contributed by atoms with Crippen molar-refractivity contribution in [1.29, 1.82) is 0 Å². The molecule has 0 spiro atoms. The van der Waals surface area contributed by atoms with Gasteiger partial charge in [0, 0.05) is 53.4 Å². The third kappa shape index (κ3) is 6.97. The molecule has 0 atom stereocenters. The SMILES string of the molecule is CC(C)(C)c1ccc(N2c3cc(-c4ccccc4)sc3B3c4sc(-c5ccccc5)cc4N(c4ccc(C(C)(C)C)cc4)c4cc(N(c5ccccc5)c5ccccc5)cc2c43)cc1. The average molecular weight is 864 g/mol. The monoisotopic (exact) mass is 863 g/mol. The van der Waals surface area contributed by atoms with Crippen molar-refractivity contribution >= 4 is 95.6 Å². The van der Waals surface area contributed by atoms with E-state index in [9.17, 15) is 0 Å². The Morgan fingerprint density at radius 2 is 0.750 bits per heavy atom. The Kier molecular flexibility index (Phi) is 9.79. The highest BCUT2D eigenvalue weighted by molar-refractivity contribution is 7.38. The number of para-hydroxylation sites is 2. The maximum Gasteiger partial charge on any atom is 0.277 e. The van der Waals surface area contributed by atoms with E-state index in [4.69, 9.17) is 0 Å². The first kappa shape index (κ1) is 40.2. The van der Waals surface area contributed by atoms with Crippen LogP contribution in [0.5, 0.6) is 0 Å². The molecule has 2 aromatic heterocycles. The minimum Gasteiger partial charge on any atom is -0.311 e. The van der Waals surface area contributed by atoms with Gasteiger partial charge < -0.3 is 14.7 Å². The van der Waals surface area contributed by atoms with E-state index in [0.717, 1.165) is 28.4 Å². The Morgan fingerprint density at radius 3 is 1.11 bits per heavy atom. The molecule has 0 N–H and O–H groups in total. The van der Waals surface area contributed by atoms with Crippen LogP contribution in [0.1, 0.15) is 52.7 Å². The van der Waals surface area contributed by atoms with Crippen LogP contribution in [0, 0.1) is 0 Å². The van der Waals surface area contributed by atoms with Gasteiger partial charge in [0.05, 0.1) is 17.1 Å². The van der Waals surface area contributed by atoms with Gasteiger partial charge in [-0.25, -0.2) is 0 Å². The largest absolute Gasteiger partial charge is 0.311 e. The molecular formula is C58H50BN3S2. The van der Waals surface area contributed by atoms with Crippen molar-refractivity contribution in [2.24, 2.45) is 0 Å². The molecule has 2 aliphatic heterocycles. The van der Waals surface area contributed by atoms with Crippen molar-refractivity contribution in [3.8, 4) is 20.9 Å². The van der Waals surface area contributed by atoms with Gasteiger partial charge in [0.15, 0.2) is 0 Å². The van der Waals surface area contributed by atoms with E-state index in [2.05, 4.69) is 250 Å². The van der Waals surface area contributed by atoms with E-state index < -0.39 is 0 Å². The molecule has 0 unspecified atom stereocenters. The van der Waals surface area contributed by atoms with Gasteiger partial charge in [0.2, 0.25) is 0 Å². The lowest BCUT2D eigenvalue weighted by atomic mass is 9.39. The number of nitrogens with zero attached hydrogens (tertiary/aromatic N) is 3. The number of fused-ring (bicyclic) bond motifs is 4. The molecule has 9 aromatic rings. The van der Waals surface area contributed by atoms with Crippen molar-refractivity contribution in [3.05, 3.63) is 205 Å². The Hall–Kier alpha value is -6.60. The highest BCUT2D eigenvalue weighted by atomic mass is 32.1. The van der Waals surface area contributed by atoms with Crippen LogP contribution >= 0.6 is 22.7 Å². The zero-order valence-electron chi connectivity index (χ0n) is 37.2. The van der Waals surface area contributed by atoms with Crippen LogP contribution in [-0.4, -0.2) is 6.71 Å². The van der Waals surface area contributed by atoms with E-state index in [1.807, 2.05) is 22.7 Å². The highest BCUT2D eigenvalue weighted by Crippen LogP contribution is 2.51. The second kappa shape index (κ2) is 15.6. The normalized spacial score (nSPS) is 13.1. The van der Waals surface area contributed by atoms with Gasteiger partial charge in [-0.05, 0) is 111 Å². The summed E-state index contributed by atoms with van der Waals surface area (Å²) >= 11 is 3.89. The highest BCUT2D eigenvalue weighted by Gasteiger charge is 2.47. The first-order chi connectivity index (χ1) is 31.0. The van der Waals surface area contributed by atoms with Gasteiger partial charge in [-0.1, -0.05) is 163 Å². The summed E-state index contributed by atoms with van der Waals surface area (Å²) in [6.07, 6.45) is 0. The van der Waals surface area contributed by atoms with Crippen molar-refractivity contribution in [1.82, 2.24) is 0 Å². The van der Waals surface area contributed by atoms with Crippen LogP contribution in [0.3, 0.4) is 0 Å². The second-order valence-corrected chi connectivity index (χ2v) is 21.2. The van der Waals surface area contributed by atoms with Crippen molar-refractivity contribution in [2.75, 3.05) is 14.7 Å². The quantitative estimate of drug-likeness (QED) is 0.148. The van der Waals surface area contributed by atoms with Gasteiger partial charge in [0.1, 0.15) is 0 Å². The summed E-state index contributed by atoms with van der Waals surface area (Å²) in [7, 11) is 0. The number of benzene rings is 7. The minimum absolute atomic E-state index is 0.0195. The van der Waals surface area contributed by atoms with Gasteiger partial charge >= 0.3 is 0 Å². The first-order valence-electron chi connectivity index (χ1n) is 22.3. The fourth-order valence-electron chi connectivity index (χ4n) is 9.47. The van der Waals surface area contributed by atoms with E-state index >= 15 is 0 Å². The third-order valence-electron chi connectivity index (χ3n) is 12.8. The van der Waals surface area contributed by atoms with E-state index in [1.54, 1.807) is 0 Å². The molecule has 0 saturated heterocycles. The fraction of sp³-hybridized carbons (Fsp3) is 0.138. The molecular weight excluding hydrogens is 814 g/mol. The minimum atomic E-state index is 0.0195. The molecule has 7 aromatic carbocycles. The van der Waals surface area contributed by atoms with Gasteiger partial charge in [-0.3, -0.25) is 0 Å². The topological polar surface area (TPSA) is 9.72 Å². The fourth-order valence-corrected chi connectivity index (χ4v) is 12.1. The predicted octanol–water partition coefficient (Wildman–Crippen LogP) is 15.3. The molecule has 3 nitrogen and oxygen atoms in total. The Bertz CT molecular complexity index is 2900. The zero-order valence-corrected chi connectivity index (χ0v) is 38.8. The van der Waals surface area contributed by atoms with Crippen LogP contribution in [0.4, 0.5) is 51.2 Å². The molecule has 4 heterocycles. The molecule has 0 saturated carbocycles. The van der Waals surface area contributed by atoms with Crippen molar-refractivity contribution < 1.29 is 0 Å². The summed E-state index contributed by atoms with van der Waals surface area (Å²) in [5.74, 6) is 0. The van der Waals surface area contributed by atoms with E-state index in [1.165, 1.54) is 69.8 Å². The van der Waals surface area contributed by atoms with Gasteiger partial charge in [-0.2, -0.15) is 0 Å². The molecule has 0 amide bonds. The number of thiophene rings is 2. The maximum absolute atomic E-state index is 2.56. The predicted molar refractivity (Wildman–Crippen MR) is 279 cm³/mol. The summed E-state index contributed by atoms with van der Waals surface area (Å²) in [6, 6.07) is 72.0. The molecule has 0 bridgehead atoms. The lowest BCUT2D eigenvalue weighted by Crippen LogP contribution is -2.59. The summed E-state index contributed by atoms with van der Waals surface area (Å²) in [4.78, 5) is 10.1. The van der Waals surface area contributed by atoms with Crippen molar-refractivity contribution in [2.45, 2.75) is 52.4 Å². The standard InChI is InChI=1S/C58H50BN3S2/c1-57(2,3)41-27-31-45(32-28-41)61-48-35-47(60(43-23-15-9-16-24-43)44-25-17-10-18-26-44)36-49-54(48)59(55-50(61)37-52(63-55)39-19-11-7-12-20-39)56-51(38-53(64-56)40-21-13-8-14-22-40)62(49)46-33-29-42(30-34-46)58(4,5)6/h7-38H,1-6H3. The number of hydrogen-bond donors (Lipinski definition) is 0. The van der Waals surface area contributed by atoms with Crippen LogP contribution < -0.4 is 29.7 Å². The summed E-state index contributed by atoms with van der Waals surface area (Å²) in [6.45, 7) is 13.8. The molecule has 6 heteroatoms. The van der Waals surface area contributed by atoms with Crippen LogP contribution in [0.25, 0.3) is 20.9 Å². The Labute approximate surface area is 386 Å². The molecule has 11 rings (SSSR count). The second-order valence-electron chi connectivity index (χ2n) is 19.1. The molecule has 0 fully saturated rings. The average Bonchev–Trinajstić information content (AvgIpc) is 3.96. The van der Waals surface area contributed by atoms with Gasteiger partial charge in [-0.15, -0.1) is 22.7 Å². The van der Waals surface area contributed by atoms with Gasteiger partial charge in [0.25, 0.3) is 6.71 Å². The Balaban J connectivity index is 1.25. The molecule has 312 valence electrons. The number of hydrogen-bond acceptors (Lipinski definition) is 5. The van der Waals surface area contributed by atoms with Crippen LogP contribution in [0.15, 0.2) is 194 Å². The maximum atomic E-state index is 2.56. The zero-order chi connectivity index (χ0) is 43.7. The number of rotatable bonds is 7. The molecule has 2 aliphatic rings. The smallest absolute Gasteiger partial charge is 0.277 e. The first-order valence-corrected chi connectivity index (χ1v) is 23.9.